The van der Waals surface area contributed by atoms with E-state index >= 15 is 0 Å². The Morgan fingerprint density at radius 1 is 1.61 bits per heavy atom. The molecule has 0 aliphatic carbocycles. The topological polar surface area (TPSA) is 79.9 Å². The van der Waals surface area contributed by atoms with Crippen LogP contribution in [0.5, 0.6) is 0 Å². The number of rotatable bonds is 2. The predicted molar refractivity (Wildman–Crippen MR) is 68.7 cm³/mol. The summed E-state index contributed by atoms with van der Waals surface area (Å²) in [7, 11) is 1.71. The second kappa shape index (κ2) is 5.40. The van der Waals surface area contributed by atoms with Gasteiger partial charge in [-0.25, -0.2) is 4.79 Å². The van der Waals surface area contributed by atoms with Crippen molar-refractivity contribution in [3.05, 3.63) is 15.9 Å². The molecule has 0 unspecified atom stereocenters. The number of aryl methyl sites for hydroxylation is 1. The molecular formula is C11H15BrN4O2. The molecule has 1 rings (SSSR count). The SMILES string of the molecule is Cn1nc(C#N)c(Br)c1CNC(=O)OC(C)(C)C. The zero-order chi connectivity index (χ0) is 13.9. The molecule has 0 aromatic carbocycles. The number of aromatic nitrogens is 2. The molecule has 0 spiro atoms. The molecule has 18 heavy (non-hydrogen) atoms. The molecule has 1 aromatic rings. The fourth-order valence-corrected chi connectivity index (χ4v) is 1.83. The van der Waals surface area contributed by atoms with Gasteiger partial charge in [0.05, 0.1) is 16.7 Å². The molecule has 0 saturated heterocycles. The van der Waals surface area contributed by atoms with Gasteiger partial charge < -0.3 is 10.1 Å². The fourth-order valence-electron chi connectivity index (χ4n) is 1.27. The molecule has 1 N–H and O–H groups in total. The Labute approximate surface area is 114 Å². The van der Waals surface area contributed by atoms with Gasteiger partial charge in [0.2, 0.25) is 0 Å². The second-order valence-corrected chi connectivity index (χ2v) is 5.49. The van der Waals surface area contributed by atoms with Gasteiger partial charge in [0.25, 0.3) is 0 Å². The van der Waals surface area contributed by atoms with E-state index in [1.807, 2.05) is 6.07 Å². The van der Waals surface area contributed by atoms with Crippen molar-refractivity contribution in [2.45, 2.75) is 32.9 Å². The minimum atomic E-state index is -0.536. The Hall–Kier alpha value is -1.55. The summed E-state index contributed by atoms with van der Waals surface area (Å²) in [4.78, 5) is 11.5. The van der Waals surface area contributed by atoms with Crippen molar-refractivity contribution in [2.75, 3.05) is 0 Å². The third-order valence-electron chi connectivity index (χ3n) is 2.01. The number of halogens is 1. The van der Waals surface area contributed by atoms with Crippen LogP contribution in [-0.2, 0) is 18.3 Å². The Bertz CT molecular complexity index is 496. The highest BCUT2D eigenvalue weighted by Crippen LogP contribution is 2.20. The van der Waals surface area contributed by atoms with Crippen LogP contribution < -0.4 is 5.32 Å². The lowest BCUT2D eigenvalue weighted by Gasteiger charge is -2.19. The highest BCUT2D eigenvalue weighted by Gasteiger charge is 2.18. The van der Waals surface area contributed by atoms with Crippen LogP contribution in [0.25, 0.3) is 0 Å². The van der Waals surface area contributed by atoms with Gasteiger partial charge in [-0.3, -0.25) is 4.68 Å². The van der Waals surface area contributed by atoms with Gasteiger partial charge in [0.1, 0.15) is 11.7 Å². The van der Waals surface area contributed by atoms with Crippen molar-refractivity contribution in [1.29, 1.82) is 5.26 Å². The summed E-state index contributed by atoms with van der Waals surface area (Å²) in [6.07, 6.45) is -0.505. The lowest BCUT2D eigenvalue weighted by atomic mass is 10.2. The predicted octanol–water partition coefficient (Wildman–Crippen LogP) is 2.08. The number of hydrogen-bond donors (Lipinski definition) is 1. The van der Waals surface area contributed by atoms with Crippen LogP contribution >= 0.6 is 15.9 Å². The van der Waals surface area contributed by atoms with E-state index in [0.717, 1.165) is 0 Å². The van der Waals surface area contributed by atoms with E-state index in [2.05, 4.69) is 26.3 Å². The standard InChI is InChI=1S/C11H15BrN4O2/c1-11(2,3)18-10(17)14-6-8-9(12)7(5-13)15-16(8)4/h6H2,1-4H3,(H,14,17). The molecule has 6 nitrogen and oxygen atoms in total. The summed E-state index contributed by atoms with van der Waals surface area (Å²) in [5, 5.41) is 15.4. The summed E-state index contributed by atoms with van der Waals surface area (Å²) in [5.74, 6) is 0. The van der Waals surface area contributed by atoms with Crippen LogP contribution in [0.4, 0.5) is 4.79 Å². The second-order valence-electron chi connectivity index (χ2n) is 4.70. The molecule has 7 heteroatoms. The van der Waals surface area contributed by atoms with E-state index in [0.29, 0.717) is 15.9 Å². The largest absolute Gasteiger partial charge is 0.444 e. The zero-order valence-corrected chi connectivity index (χ0v) is 12.3. The molecule has 0 bridgehead atoms. The van der Waals surface area contributed by atoms with Crippen molar-refractivity contribution in [2.24, 2.45) is 7.05 Å². The zero-order valence-electron chi connectivity index (χ0n) is 10.7. The minimum Gasteiger partial charge on any atom is -0.444 e. The summed E-state index contributed by atoms with van der Waals surface area (Å²) >= 11 is 3.28. The van der Waals surface area contributed by atoms with Crippen LogP contribution in [-0.4, -0.2) is 21.5 Å². The number of alkyl carbamates (subject to hydrolysis) is 1. The van der Waals surface area contributed by atoms with E-state index < -0.39 is 11.7 Å². The molecule has 0 atom stereocenters. The number of amides is 1. The number of ether oxygens (including phenoxy) is 1. The molecule has 0 fully saturated rings. The number of nitrogens with one attached hydrogen (secondary N) is 1. The van der Waals surface area contributed by atoms with Gasteiger partial charge in [0, 0.05) is 7.05 Å². The van der Waals surface area contributed by atoms with E-state index in [-0.39, 0.29) is 6.54 Å². The maximum absolute atomic E-state index is 11.5. The number of hydrogen-bond acceptors (Lipinski definition) is 4. The monoisotopic (exact) mass is 314 g/mol. The molecule has 0 radical (unpaired) electrons. The summed E-state index contributed by atoms with van der Waals surface area (Å²) < 4.78 is 7.24. The molecule has 0 aliphatic heterocycles. The van der Waals surface area contributed by atoms with Crippen molar-refractivity contribution >= 4 is 22.0 Å². The molecular weight excluding hydrogens is 300 g/mol. The van der Waals surface area contributed by atoms with Gasteiger partial charge in [-0.15, -0.1) is 0 Å². The van der Waals surface area contributed by atoms with Gasteiger partial charge in [0.15, 0.2) is 5.69 Å². The van der Waals surface area contributed by atoms with Gasteiger partial charge in [-0.1, -0.05) is 0 Å². The number of carbonyl (C=O) groups is 1. The highest BCUT2D eigenvalue weighted by atomic mass is 79.9. The van der Waals surface area contributed by atoms with Gasteiger partial charge in [-0.05, 0) is 36.7 Å². The Balaban J connectivity index is 2.68. The number of carbonyl (C=O) groups excluding carboxylic acids is 1. The lowest BCUT2D eigenvalue weighted by Crippen LogP contribution is -2.32. The smallest absolute Gasteiger partial charge is 0.407 e. The third kappa shape index (κ3) is 3.74. The summed E-state index contributed by atoms with van der Waals surface area (Å²) in [6.45, 7) is 5.61. The number of nitrogens with zero attached hydrogens (tertiary/aromatic N) is 3. The first-order valence-corrected chi connectivity index (χ1v) is 6.12. The lowest BCUT2D eigenvalue weighted by molar-refractivity contribution is 0.0522. The van der Waals surface area contributed by atoms with E-state index in [9.17, 15) is 4.79 Å². The first-order chi connectivity index (χ1) is 8.24. The van der Waals surface area contributed by atoms with Crippen LogP contribution in [0, 0.1) is 11.3 Å². The average Bonchev–Trinajstić information content (AvgIpc) is 2.49. The molecule has 1 amide bonds. The average molecular weight is 315 g/mol. The number of nitriles is 1. The van der Waals surface area contributed by atoms with Crippen LogP contribution in [0.2, 0.25) is 0 Å². The van der Waals surface area contributed by atoms with Crippen LogP contribution in [0.1, 0.15) is 32.2 Å². The van der Waals surface area contributed by atoms with Crippen LogP contribution in [0.3, 0.4) is 0 Å². The third-order valence-corrected chi connectivity index (χ3v) is 2.84. The van der Waals surface area contributed by atoms with Gasteiger partial charge >= 0.3 is 6.09 Å². The fraction of sp³-hybridized carbons (Fsp3) is 0.545. The first-order valence-electron chi connectivity index (χ1n) is 5.33. The quantitative estimate of drug-likeness (QED) is 0.906. The minimum absolute atomic E-state index is 0.237. The molecule has 98 valence electrons. The van der Waals surface area contributed by atoms with Crippen LogP contribution in [0.15, 0.2) is 4.47 Å². The van der Waals surface area contributed by atoms with Gasteiger partial charge in [-0.2, -0.15) is 10.4 Å². The molecule has 0 aliphatic rings. The maximum atomic E-state index is 11.5. The maximum Gasteiger partial charge on any atom is 0.407 e. The summed E-state index contributed by atoms with van der Waals surface area (Å²) in [6, 6.07) is 1.96. The van der Waals surface area contributed by atoms with Crippen molar-refractivity contribution in [3.8, 4) is 6.07 Å². The normalized spacial score (nSPS) is 10.9. The van der Waals surface area contributed by atoms with E-state index in [4.69, 9.17) is 10.00 Å². The summed E-state index contributed by atoms with van der Waals surface area (Å²) in [5.41, 5.74) is 0.460. The first kappa shape index (κ1) is 14.5. The highest BCUT2D eigenvalue weighted by molar-refractivity contribution is 9.10. The Morgan fingerprint density at radius 3 is 2.67 bits per heavy atom. The van der Waals surface area contributed by atoms with Crippen molar-refractivity contribution in [1.82, 2.24) is 15.1 Å². The Morgan fingerprint density at radius 2 is 2.22 bits per heavy atom. The Kier molecular flexibility index (Phi) is 4.35. The van der Waals surface area contributed by atoms with Crippen molar-refractivity contribution < 1.29 is 9.53 Å². The van der Waals surface area contributed by atoms with E-state index in [1.165, 1.54) is 0 Å². The van der Waals surface area contributed by atoms with Crippen molar-refractivity contribution in [3.63, 3.8) is 0 Å². The molecule has 0 saturated carbocycles. The molecule has 1 aromatic heterocycles. The molecule has 1 heterocycles. The van der Waals surface area contributed by atoms with E-state index in [1.54, 1.807) is 32.5 Å².